The van der Waals surface area contributed by atoms with E-state index >= 15 is 0 Å². The Kier molecular flexibility index (Phi) is 5.11. The van der Waals surface area contributed by atoms with Crippen LogP contribution >= 0.6 is 0 Å². The number of aromatic nitrogens is 4. The highest BCUT2D eigenvalue weighted by atomic mass is 19.1. The Hall–Kier alpha value is -2.60. The predicted octanol–water partition coefficient (Wildman–Crippen LogP) is 4.05. The minimum Gasteiger partial charge on any atom is -0.384 e. The molecule has 27 heavy (non-hydrogen) atoms. The molecule has 5 nitrogen and oxygen atoms in total. The van der Waals surface area contributed by atoms with E-state index in [0.29, 0.717) is 23.6 Å². The molecule has 0 fully saturated rings. The third kappa shape index (κ3) is 4.39. The van der Waals surface area contributed by atoms with Gasteiger partial charge in [0.15, 0.2) is 0 Å². The van der Waals surface area contributed by atoms with E-state index < -0.39 is 5.60 Å². The molecule has 3 aromatic rings. The van der Waals surface area contributed by atoms with Gasteiger partial charge in [-0.15, -0.1) is 0 Å². The standard InChI is InChI=1S/C21H25FN4O/c1-13(2)17-10-19(21(4,5)27)25-20(24-17)9-15-6-7-18(16(22)8-15)26-11-14(3)23-12-26/h6-8,10-13,27H,9H2,1-5H3. The minimum absolute atomic E-state index is 0.205. The fourth-order valence-electron chi connectivity index (χ4n) is 2.81. The zero-order chi connectivity index (χ0) is 19.8. The number of imidazole rings is 1. The van der Waals surface area contributed by atoms with E-state index in [1.807, 2.05) is 32.9 Å². The first-order chi connectivity index (χ1) is 12.6. The van der Waals surface area contributed by atoms with E-state index in [1.54, 1.807) is 37.0 Å². The summed E-state index contributed by atoms with van der Waals surface area (Å²) in [6, 6.07) is 6.93. The van der Waals surface area contributed by atoms with Crippen LogP contribution in [0.3, 0.4) is 0 Å². The lowest BCUT2D eigenvalue weighted by Crippen LogP contribution is -2.20. The molecule has 0 unspecified atom stereocenters. The molecule has 1 N–H and O–H groups in total. The number of aliphatic hydroxyl groups is 1. The Balaban J connectivity index is 1.93. The van der Waals surface area contributed by atoms with Gasteiger partial charge in [0.25, 0.3) is 0 Å². The van der Waals surface area contributed by atoms with Crippen molar-refractivity contribution in [3.8, 4) is 5.69 Å². The number of hydrogen-bond acceptors (Lipinski definition) is 4. The van der Waals surface area contributed by atoms with E-state index in [2.05, 4.69) is 15.0 Å². The molecule has 0 aliphatic heterocycles. The number of hydrogen-bond donors (Lipinski definition) is 1. The third-order valence-electron chi connectivity index (χ3n) is 4.37. The summed E-state index contributed by atoms with van der Waals surface area (Å²) in [4.78, 5) is 13.2. The number of rotatable bonds is 5. The lowest BCUT2D eigenvalue weighted by Gasteiger charge is -2.19. The van der Waals surface area contributed by atoms with Gasteiger partial charge in [-0.2, -0.15) is 0 Å². The fraction of sp³-hybridized carbons (Fsp3) is 0.381. The Morgan fingerprint density at radius 1 is 1.19 bits per heavy atom. The van der Waals surface area contributed by atoms with E-state index in [9.17, 15) is 9.50 Å². The SMILES string of the molecule is Cc1cn(-c2ccc(Cc3nc(C(C)C)cc(C(C)(C)O)n3)cc2F)cn1. The second kappa shape index (κ2) is 7.19. The third-order valence-corrected chi connectivity index (χ3v) is 4.37. The number of benzene rings is 1. The van der Waals surface area contributed by atoms with Gasteiger partial charge in [0.05, 0.1) is 23.4 Å². The smallest absolute Gasteiger partial charge is 0.147 e. The molecule has 0 saturated heterocycles. The second-order valence-electron chi connectivity index (χ2n) is 7.69. The molecule has 0 saturated carbocycles. The topological polar surface area (TPSA) is 63.8 Å². The van der Waals surface area contributed by atoms with Gasteiger partial charge in [0.2, 0.25) is 0 Å². The van der Waals surface area contributed by atoms with Crippen molar-refractivity contribution >= 4 is 0 Å². The van der Waals surface area contributed by atoms with Crippen LogP contribution in [-0.2, 0) is 12.0 Å². The van der Waals surface area contributed by atoms with Gasteiger partial charge in [-0.05, 0) is 50.5 Å². The molecular weight excluding hydrogens is 343 g/mol. The molecule has 0 spiro atoms. The Bertz CT molecular complexity index is 957. The molecule has 0 amide bonds. The maximum absolute atomic E-state index is 14.6. The van der Waals surface area contributed by atoms with Crippen LogP contribution in [0, 0.1) is 12.7 Å². The summed E-state index contributed by atoms with van der Waals surface area (Å²) in [6.45, 7) is 9.35. The van der Waals surface area contributed by atoms with Crippen LogP contribution < -0.4 is 0 Å². The molecule has 0 aliphatic carbocycles. The van der Waals surface area contributed by atoms with Crippen molar-refractivity contribution in [1.82, 2.24) is 19.5 Å². The van der Waals surface area contributed by atoms with Crippen molar-refractivity contribution in [2.24, 2.45) is 0 Å². The molecule has 0 radical (unpaired) electrons. The van der Waals surface area contributed by atoms with E-state index in [4.69, 9.17) is 0 Å². The van der Waals surface area contributed by atoms with Gasteiger partial charge in [-0.1, -0.05) is 19.9 Å². The van der Waals surface area contributed by atoms with Crippen LogP contribution in [0.4, 0.5) is 4.39 Å². The van der Waals surface area contributed by atoms with E-state index in [0.717, 1.165) is 17.0 Å². The average molecular weight is 368 g/mol. The quantitative estimate of drug-likeness (QED) is 0.738. The first kappa shape index (κ1) is 19.2. The van der Waals surface area contributed by atoms with Crippen LogP contribution in [0.15, 0.2) is 36.8 Å². The van der Waals surface area contributed by atoms with Gasteiger partial charge in [0, 0.05) is 18.3 Å². The molecule has 6 heteroatoms. The second-order valence-corrected chi connectivity index (χ2v) is 7.69. The number of halogens is 1. The maximum Gasteiger partial charge on any atom is 0.147 e. The molecule has 0 bridgehead atoms. The zero-order valence-electron chi connectivity index (χ0n) is 16.4. The van der Waals surface area contributed by atoms with Crippen LogP contribution in [0.25, 0.3) is 5.69 Å². The summed E-state index contributed by atoms with van der Waals surface area (Å²) < 4.78 is 16.3. The van der Waals surface area contributed by atoms with Crippen LogP contribution in [0.2, 0.25) is 0 Å². The molecular formula is C21H25FN4O. The molecule has 2 aromatic heterocycles. The largest absolute Gasteiger partial charge is 0.384 e. The van der Waals surface area contributed by atoms with E-state index in [-0.39, 0.29) is 11.7 Å². The molecule has 0 aliphatic rings. The van der Waals surface area contributed by atoms with Gasteiger partial charge < -0.3 is 9.67 Å². The summed E-state index contributed by atoms with van der Waals surface area (Å²) in [6.07, 6.45) is 3.77. The lowest BCUT2D eigenvalue weighted by molar-refractivity contribution is 0.0733. The molecule has 3 rings (SSSR count). The summed E-state index contributed by atoms with van der Waals surface area (Å²) in [5.41, 5.74) is 2.43. The lowest BCUT2D eigenvalue weighted by atomic mass is 10.0. The molecule has 1 aromatic carbocycles. The van der Waals surface area contributed by atoms with Crippen molar-refractivity contribution < 1.29 is 9.50 Å². The molecule has 2 heterocycles. The number of aryl methyl sites for hydroxylation is 1. The highest BCUT2D eigenvalue weighted by molar-refractivity contribution is 5.38. The van der Waals surface area contributed by atoms with Crippen molar-refractivity contribution in [2.75, 3.05) is 0 Å². The van der Waals surface area contributed by atoms with E-state index in [1.165, 1.54) is 6.07 Å². The van der Waals surface area contributed by atoms with Crippen LogP contribution in [0.1, 0.15) is 62.1 Å². The molecule has 0 atom stereocenters. The Labute approximate surface area is 159 Å². The minimum atomic E-state index is -1.06. The Morgan fingerprint density at radius 2 is 1.93 bits per heavy atom. The average Bonchev–Trinajstić information content (AvgIpc) is 3.00. The first-order valence-electron chi connectivity index (χ1n) is 9.03. The van der Waals surface area contributed by atoms with Gasteiger partial charge >= 0.3 is 0 Å². The summed E-state index contributed by atoms with van der Waals surface area (Å²) in [5, 5.41) is 10.3. The van der Waals surface area contributed by atoms with Crippen molar-refractivity contribution in [3.05, 3.63) is 71.1 Å². The van der Waals surface area contributed by atoms with Gasteiger partial charge in [0.1, 0.15) is 17.2 Å². The van der Waals surface area contributed by atoms with Crippen LogP contribution in [0.5, 0.6) is 0 Å². The normalized spacial score (nSPS) is 12.0. The van der Waals surface area contributed by atoms with Gasteiger partial charge in [-0.25, -0.2) is 19.3 Å². The highest BCUT2D eigenvalue weighted by Crippen LogP contribution is 2.23. The fourth-order valence-corrected chi connectivity index (χ4v) is 2.81. The first-order valence-corrected chi connectivity index (χ1v) is 9.03. The number of nitrogens with zero attached hydrogens (tertiary/aromatic N) is 4. The van der Waals surface area contributed by atoms with Crippen molar-refractivity contribution in [1.29, 1.82) is 0 Å². The molecule has 142 valence electrons. The van der Waals surface area contributed by atoms with Crippen molar-refractivity contribution in [2.45, 2.75) is 52.6 Å². The predicted molar refractivity (Wildman–Crippen MR) is 102 cm³/mol. The monoisotopic (exact) mass is 368 g/mol. The maximum atomic E-state index is 14.6. The highest BCUT2D eigenvalue weighted by Gasteiger charge is 2.21. The zero-order valence-corrected chi connectivity index (χ0v) is 16.4. The summed E-state index contributed by atoms with van der Waals surface area (Å²) in [7, 11) is 0. The van der Waals surface area contributed by atoms with Crippen molar-refractivity contribution in [3.63, 3.8) is 0 Å². The summed E-state index contributed by atoms with van der Waals surface area (Å²) in [5.74, 6) is 0.452. The van der Waals surface area contributed by atoms with Crippen LogP contribution in [-0.4, -0.2) is 24.6 Å². The van der Waals surface area contributed by atoms with Gasteiger partial charge in [-0.3, -0.25) is 0 Å². The summed E-state index contributed by atoms with van der Waals surface area (Å²) >= 11 is 0. The Morgan fingerprint density at radius 3 is 2.48 bits per heavy atom.